The molecule has 19 heavy (non-hydrogen) atoms. The van der Waals surface area contributed by atoms with Gasteiger partial charge < -0.3 is 10.4 Å². The topological polar surface area (TPSA) is 32.3 Å². The maximum absolute atomic E-state index is 13.6. The summed E-state index contributed by atoms with van der Waals surface area (Å²) in [6.45, 7) is 4.65. The number of piperidine rings is 1. The summed E-state index contributed by atoms with van der Waals surface area (Å²) in [5.74, 6) is -0.0427. The van der Waals surface area contributed by atoms with Crippen molar-refractivity contribution in [3.63, 3.8) is 0 Å². The number of benzene rings is 1. The highest BCUT2D eigenvalue weighted by Gasteiger charge is 2.38. The molecule has 1 aromatic rings. The molecule has 0 aromatic heterocycles. The van der Waals surface area contributed by atoms with E-state index in [1.54, 1.807) is 6.92 Å². The number of hydrogen-bond acceptors (Lipinski definition) is 2. The van der Waals surface area contributed by atoms with Crippen molar-refractivity contribution in [2.75, 3.05) is 6.54 Å². The lowest BCUT2D eigenvalue weighted by Gasteiger charge is -2.39. The average molecular weight is 306 g/mol. The third-order valence-electron chi connectivity index (χ3n) is 3.90. The van der Waals surface area contributed by atoms with Crippen LogP contribution in [0.25, 0.3) is 0 Å². The minimum atomic E-state index is -1.23. The molecule has 0 spiro atoms. The molecule has 2 nitrogen and oxygen atoms in total. The fraction of sp³-hybridized carbons (Fsp3) is 0.571. The van der Waals surface area contributed by atoms with Gasteiger partial charge in [0.05, 0.1) is 5.02 Å². The van der Waals surface area contributed by atoms with Gasteiger partial charge in [-0.3, -0.25) is 0 Å². The van der Waals surface area contributed by atoms with Gasteiger partial charge in [-0.2, -0.15) is 0 Å². The van der Waals surface area contributed by atoms with E-state index in [2.05, 4.69) is 12.2 Å². The molecule has 1 aliphatic heterocycles. The van der Waals surface area contributed by atoms with Crippen LogP contribution in [0.2, 0.25) is 10.0 Å². The molecule has 106 valence electrons. The predicted molar refractivity (Wildman–Crippen MR) is 76.2 cm³/mol. The molecule has 1 heterocycles. The quantitative estimate of drug-likeness (QED) is 0.816. The molecular formula is C14H18Cl2FNO. The first-order chi connectivity index (χ1) is 8.82. The van der Waals surface area contributed by atoms with Crippen molar-refractivity contribution in [1.29, 1.82) is 0 Å². The lowest BCUT2D eigenvalue weighted by Crippen LogP contribution is -2.50. The number of nitrogens with one attached hydrogen (secondary N) is 1. The monoisotopic (exact) mass is 305 g/mol. The van der Waals surface area contributed by atoms with E-state index in [-0.39, 0.29) is 16.1 Å². The zero-order valence-corrected chi connectivity index (χ0v) is 12.5. The van der Waals surface area contributed by atoms with Gasteiger partial charge in [0.15, 0.2) is 0 Å². The molecule has 0 bridgehead atoms. The van der Waals surface area contributed by atoms with Crippen LogP contribution in [0.3, 0.4) is 0 Å². The Balaban J connectivity index is 2.35. The van der Waals surface area contributed by atoms with E-state index in [1.807, 2.05) is 0 Å². The molecule has 1 aromatic carbocycles. The zero-order valence-electron chi connectivity index (χ0n) is 11.0. The van der Waals surface area contributed by atoms with Crippen molar-refractivity contribution in [3.05, 3.63) is 33.6 Å². The fourth-order valence-corrected chi connectivity index (χ4v) is 3.21. The lowest BCUT2D eigenvalue weighted by molar-refractivity contribution is -0.00154. The van der Waals surface area contributed by atoms with Crippen molar-refractivity contribution >= 4 is 23.2 Å². The zero-order chi connectivity index (χ0) is 14.2. The molecule has 0 amide bonds. The second-order valence-electron chi connectivity index (χ2n) is 5.53. The van der Waals surface area contributed by atoms with Crippen LogP contribution >= 0.6 is 23.2 Å². The number of rotatable bonds is 2. The Morgan fingerprint density at radius 3 is 2.68 bits per heavy atom. The van der Waals surface area contributed by atoms with Crippen LogP contribution in [-0.2, 0) is 5.60 Å². The van der Waals surface area contributed by atoms with Crippen LogP contribution in [0.5, 0.6) is 0 Å². The van der Waals surface area contributed by atoms with Crippen LogP contribution < -0.4 is 5.32 Å². The third-order valence-corrected chi connectivity index (χ3v) is 4.50. The summed E-state index contributed by atoms with van der Waals surface area (Å²) in [5, 5.41) is 14.3. The summed E-state index contributed by atoms with van der Waals surface area (Å²) in [6, 6.07) is 2.43. The molecule has 0 radical (unpaired) electrons. The van der Waals surface area contributed by atoms with E-state index in [9.17, 15) is 9.50 Å². The molecule has 3 atom stereocenters. The van der Waals surface area contributed by atoms with E-state index >= 15 is 0 Å². The van der Waals surface area contributed by atoms with Gasteiger partial charge in [-0.1, -0.05) is 30.1 Å². The molecule has 2 rings (SSSR count). The van der Waals surface area contributed by atoms with Gasteiger partial charge in [0, 0.05) is 16.6 Å². The van der Waals surface area contributed by atoms with Crippen molar-refractivity contribution in [2.45, 2.75) is 38.3 Å². The summed E-state index contributed by atoms with van der Waals surface area (Å²) in [6.07, 6.45) is 1.91. The molecule has 1 aliphatic rings. The number of aliphatic hydroxyl groups is 1. The smallest absolute Gasteiger partial charge is 0.142 e. The Hall–Kier alpha value is -0.350. The molecule has 0 saturated carbocycles. The summed E-state index contributed by atoms with van der Waals surface area (Å²) in [7, 11) is 0. The Morgan fingerprint density at radius 1 is 1.37 bits per heavy atom. The van der Waals surface area contributed by atoms with Gasteiger partial charge in [0.25, 0.3) is 0 Å². The molecule has 5 heteroatoms. The molecule has 1 saturated heterocycles. The second-order valence-corrected chi connectivity index (χ2v) is 6.34. The maximum Gasteiger partial charge on any atom is 0.142 e. The summed E-state index contributed by atoms with van der Waals surface area (Å²) >= 11 is 11.8. The molecule has 1 fully saturated rings. The second kappa shape index (κ2) is 5.57. The highest BCUT2D eigenvalue weighted by Crippen LogP contribution is 2.37. The van der Waals surface area contributed by atoms with Gasteiger partial charge in [0.2, 0.25) is 0 Å². The predicted octanol–water partition coefficient (Wildman–Crippen LogP) is 3.73. The lowest BCUT2D eigenvalue weighted by atomic mass is 9.80. The van der Waals surface area contributed by atoms with Gasteiger partial charge >= 0.3 is 0 Å². The van der Waals surface area contributed by atoms with Crippen molar-refractivity contribution in [1.82, 2.24) is 5.32 Å². The fourth-order valence-electron chi connectivity index (χ4n) is 2.63. The Labute approximate surface area is 122 Å². The first-order valence-electron chi connectivity index (χ1n) is 6.43. The maximum atomic E-state index is 13.6. The highest BCUT2D eigenvalue weighted by atomic mass is 35.5. The summed E-state index contributed by atoms with van der Waals surface area (Å²) in [5.41, 5.74) is -0.848. The van der Waals surface area contributed by atoms with Crippen LogP contribution in [0.15, 0.2) is 12.1 Å². The van der Waals surface area contributed by atoms with Crippen molar-refractivity contribution in [2.24, 2.45) is 5.92 Å². The van der Waals surface area contributed by atoms with Crippen molar-refractivity contribution in [3.8, 4) is 0 Å². The van der Waals surface area contributed by atoms with Crippen LogP contribution in [-0.4, -0.2) is 17.7 Å². The van der Waals surface area contributed by atoms with E-state index in [1.165, 1.54) is 12.1 Å². The van der Waals surface area contributed by atoms with Gasteiger partial charge in [-0.05, 0) is 44.4 Å². The van der Waals surface area contributed by atoms with Crippen LogP contribution in [0.4, 0.5) is 4.39 Å². The van der Waals surface area contributed by atoms with E-state index < -0.39 is 11.4 Å². The minimum Gasteiger partial charge on any atom is -0.384 e. The molecule has 2 N–H and O–H groups in total. The third kappa shape index (κ3) is 3.05. The van der Waals surface area contributed by atoms with E-state index in [0.717, 1.165) is 19.4 Å². The van der Waals surface area contributed by atoms with E-state index in [4.69, 9.17) is 23.2 Å². The Kier molecular flexibility index (Phi) is 4.41. The van der Waals surface area contributed by atoms with Gasteiger partial charge in [-0.15, -0.1) is 0 Å². The standard InChI is InChI=1S/C14H18Cl2FNO/c1-8-3-4-18-13(5-8)14(2,19)9-6-12(17)11(16)7-10(9)15/h6-8,13,18-19H,3-5H2,1-2H3. The summed E-state index contributed by atoms with van der Waals surface area (Å²) in [4.78, 5) is 0. The van der Waals surface area contributed by atoms with Gasteiger partial charge in [-0.25, -0.2) is 4.39 Å². The number of halogens is 3. The Morgan fingerprint density at radius 2 is 2.05 bits per heavy atom. The van der Waals surface area contributed by atoms with Crippen molar-refractivity contribution < 1.29 is 9.50 Å². The average Bonchev–Trinajstić information content (AvgIpc) is 2.33. The SMILES string of the molecule is CC1CCNC(C(C)(O)c2cc(F)c(Cl)cc2Cl)C1. The molecular weight excluding hydrogens is 288 g/mol. The normalized spacial score (nSPS) is 27.1. The minimum absolute atomic E-state index is 0.0329. The van der Waals surface area contributed by atoms with E-state index in [0.29, 0.717) is 11.5 Å². The first-order valence-corrected chi connectivity index (χ1v) is 7.18. The molecule has 0 aliphatic carbocycles. The summed E-state index contributed by atoms with van der Waals surface area (Å²) < 4.78 is 13.6. The van der Waals surface area contributed by atoms with Gasteiger partial charge in [0.1, 0.15) is 11.4 Å². The van der Waals surface area contributed by atoms with Crippen LogP contribution in [0.1, 0.15) is 32.3 Å². The Bertz CT molecular complexity index is 479. The number of hydrogen-bond donors (Lipinski definition) is 2. The molecule has 3 unspecified atom stereocenters. The largest absolute Gasteiger partial charge is 0.384 e. The van der Waals surface area contributed by atoms with Crippen LogP contribution in [0, 0.1) is 11.7 Å². The highest BCUT2D eigenvalue weighted by molar-refractivity contribution is 6.35. The first kappa shape index (κ1) is 15.0.